The molecule has 1 aliphatic rings. The van der Waals surface area contributed by atoms with Gasteiger partial charge in [-0.2, -0.15) is 0 Å². The van der Waals surface area contributed by atoms with Crippen molar-refractivity contribution in [3.8, 4) is 0 Å². The second-order valence-electron chi connectivity index (χ2n) is 10.9. The van der Waals surface area contributed by atoms with E-state index in [9.17, 15) is 18.0 Å². The Hall–Kier alpha value is -3.36. The van der Waals surface area contributed by atoms with Gasteiger partial charge in [-0.05, 0) is 55.5 Å². The SMILES string of the molecule is Cc1cccc(CN(C(=O)CN(c2cccc(Cl)c2C)S(C)(=O)=O)C(Cc2ccccc2)C(=O)NC2CCCC2)c1. The average molecular weight is 596 g/mol. The summed E-state index contributed by atoms with van der Waals surface area (Å²) in [6.07, 6.45) is 5.30. The summed E-state index contributed by atoms with van der Waals surface area (Å²) in [7, 11) is -3.86. The minimum atomic E-state index is -3.86. The highest BCUT2D eigenvalue weighted by atomic mass is 35.5. The highest BCUT2D eigenvalue weighted by molar-refractivity contribution is 7.92. The van der Waals surface area contributed by atoms with Crippen LogP contribution in [0, 0.1) is 13.8 Å². The highest BCUT2D eigenvalue weighted by Gasteiger charge is 2.34. The second kappa shape index (κ2) is 13.5. The molecule has 0 saturated heterocycles. The molecule has 1 N–H and O–H groups in total. The van der Waals surface area contributed by atoms with Crippen molar-refractivity contribution in [2.24, 2.45) is 0 Å². The first kappa shape index (κ1) is 30.6. The third-order valence-corrected chi connectivity index (χ3v) is 9.13. The monoisotopic (exact) mass is 595 g/mol. The van der Waals surface area contributed by atoms with Crippen molar-refractivity contribution in [3.63, 3.8) is 0 Å². The molecule has 4 rings (SSSR count). The first-order valence-corrected chi connectivity index (χ1v) is 16.2. The van der Waals surface area contributed by atoms with Crippen LogP contribution in [-0.2, 0) is 32.6 Å². The fourth-order valence-electron chi connectivity index (χ4n) is 5.39. The van der Waals surface area contributed by atoms with Crippen molar-refractivity contribution in [2.75, 3.05) is 17.1 Å². The molecule has 0 bridgehead atoms. The Labute approximate surface area is 248 Å². The number of hydrogen-bond donors (Lipinski definition) is 1. The second-order valence-corrected chi connectivity index (χ2v) is 13.2. The zero-order chi connectivity index (χ0) is 29.6. The summed E-state index contributed by atoms with van der Waals surface area (Å²) < 4.78 is 27.1. The van der Waals surface area contributed by atoms with E-state index in [1.807, 2.05) is 61.5 Å². The van der Waals surface area contributed by atoms with E-state index >= 15 is 0 Å². The summed E-state index contributed by atoms with van der Waals surface area (Å²) >= 11 is 6.32. The van der Waals surface area contributed by atoms with E-state index in [2.05, 4.69) is 5.32 Å². The maximum Gasteiger partial charge on any atom is 0.244 e. The number of nitrogens with one attached hydrogen (secondary N) is 1. The molecule has 2 amide bonds. The largest absolute Gasteiger partial charge is 0.352 e. The third-order valence-electron chi connectivity index (χ3n) is 7.60. The number of nitrogens with zero attached hydrogens (tertiary/aromatic N) is 2. The number of hydrogen-bond acceptors (Lipinski definition) is 4. The standard InChI is InChI=1S/C32H38ClN3O4S/c1-23-11-9-14-26(19-23)21-35(31(37)22-36(41(3,39)40)29-18-10-17-28(33)24(29)2)30(20-25-12-5-4-6-13-25)32(38)34-27-15-7-8-16-27/h4-6,9-14,17-19,27,30H,7-8,15-16,20-22H2,1-3H3,(H,34,38). The van der Waals surface area contributed by atoms with Gasteiger partial charge in [0, 0.05) is 24.0 Å². The Kier molecular flexibility index (Phi) is 10.1. The molecule has 3 aromatic rings. The van der Waals surface area contributed by atoms with Crippen LogP contribution in [0.25, 0.3) is 0 Å². The van der Waals surface area contributed by atoms with Crippen molar-refractivity contribution in [3.05, 3.63) is 100 Å². The van der Waals surface area contributed by atoms with Gasteiger partial charge in [-0.1, -0.05) is 90.7 Å². The fraction of sp³-hybridized carbons (Fsp3) is 0.375. The molecule has 0 radical (unpaired) electrons. The minimum absolute atomic E-state index is 0.0679. The number of aryl methyl sites for hydroxylation is 1. The lowest BCUT2D eigenvalue weighted by atomic mass is 10.0. The molecule has 1 fully saturated rings. The molecule has 1 unspecified atom stereocenters. The van der Waals surface area contributed by atoms with Crippen LogP contribution in [0.2, 0.25) is 5.02 Å². The van der Waals surface area contributed by atoms with Gasteiger partial charge in [-0.3, -0.25) is 13.9 Å². The van der Waals surface area contributed by atoms with Crippen molar-refractivity contribution in [1.29, 1.82) is 0 Å². The van der Waals surface area contributed by atoms with Gasteiger partial charge in [0.15, 0.2) is 0 Å². The van der Waals surface area contributed by atoms with Crippen LogP contribution in [0.1, 0.15) is 47.9 Å². The molecular weight excluding hydrogens is 558 g/mol. The normalized spacial score (nSPS) is 14.4. The molecule has 0 aliphatic heterocycles. The van der Waals surface area contributed by atoms with Gasteiger partial charge in [0.2, 0.25) is 21.8 Å². The minimum Gasteiger partial charge on any atom is -0.352 e. The molecule has 1 atom stereocenters. The Bertz CT molecular complexity index is 1470. The van der Waals surface area contributed by atoms with Gasteiger partial charge in [-0.15, -0.1) is 0 Å². The van der Waals surface area contributed by atoms with Gasteiger partial charge in [-0.25, -0.2) is 8.42 Å². The van der Waals surface area contributed by atoms with Crippen molar-refractivity contribution < 1.29 is 18.0 Å². The molecule has 41 heavy (non-hydrogen) atoms. The number of anilines is 1. The van der Waals surface area contributed by atoms with Gasteiger partial charge < -0.3 is 10.2 Å². The number of amides is 2. The molecule has 218 valence electrons. The Morgan fingerprint density at radius 3 is 2.27 bits per heavy atom. The molecule has 0 heterocycles. The van der Waals surface area contributed by atoms with E-state index < -0.39 is 28.5 Å². The zero-order valence-corrected chi connectivity index (χ0v) is 25.4. The molecule has 1 saturated carbocycles. The highest BCUT2D eigenvalue weighted by Crippen LogP contribution is 2.29. The number of sulfonamides is 1. The van der Waals surface area contributed by atoms with Crippen LogP contribution in [0.4, 0.5) is 5.69 Å². The first-order valence-electron chi connectivity index (χ1n) is 13.9. The van der Waals surface area contributed by atoms with Crippen molar-refractivity contribution in [2.45, 2.75) is 64.6 Å². The zero-order valence-electron chi connectivity index (χ0n) is 23.8. The van der Waals surface area contributed by atoms with Crippen molar-refractivity contribution >= 4 is 39.1 Å². The van der Waals surface area contributed by atoms with E-state index in [4.69, 9.17) is 11.6 Å². The van der Waals surface area contributed by atoms with E-state index in [0.29, 0.717) is 22.7 Å². The van der Waals surface area contributed by atoms with Crippen LogP contribution in [0.3, 0.4) is 0 Å². The first-order chi connectivity index (χ1) is 19.5. The summed E-state index contributed by atoms with van der Waals surface area (Å²) in [5, 5.41) is 3.58. The predicted octanol–water partition coefficient (Wildman–Crippen LogP) is 5.42. The quantitative estimate of drug-likeness (QED) is 0.321. The van der Waals surface area contributed by atoms with Gasteiger partial charge in [0.05, 0.1) is 11.9 Å². The molecule has 7 nitrogen and oxygen atoms in total. The number of halogens is 1. The molecule has 0 aromatic heterocycles. The smallest absolute Gasteiger partial charge is 0.244 e. The van der Waals surface area contributed by atoms with Crippen LogP contribution in [0.5, 0.6) is 0 Å². The maximum absolute atomic E-state index is 14.2. The van der Waals surface area contributed by atoms with E-state index in [1.54, 1.807) is 25.1 Å². The molecular formula is C32H38ClN3O4S. The molecule has 3 aromatic carbocycles. The van der Waals surface area contributed by atoms with Crippen LogP contribution < -0.4 is 9.62 Å². The topological polar surface area (TPSA) is 86.8 Å². The number of carbonyl (C=O) groups excluding carboxylic acids is 2. The third kappa shape index (κ3) is 8.11. The summed E-state index contributed by atoms with van der Waals surface area (Å²) in [5.74, 6) is -0.703. The van der Waals surface area contributed by atoms with Crippen LogP contribution in [-0.4, -0.2) is 50.0 Å². The van der Waals surface area contributed by atoms with E-state index in [1.165, 1.54) is 4.90 Å². The molecule has 1 aliphatic carbocycles. The number of carbonyl (C=O) groups is 2. The fourth-order valence-corrected chi connectivity index (χ4v) is 6.46. The summed E-state index contributed by atoms with van der Waals surface area (Å²) in [6, 6.07) is 21.6. The molecule has 9 heteroatoms. The van der Waals surface area contributed by atoms with Crippen LogP contribution in [0.15, 0.2) is 72.8 Å². The summed E-state index contributed by atoms with van der Waals surface area (Å²) in [6.45, 7) is 3.38. The van der Waals surface area contributed by atoms with Gasteiger partial charge in [0.25, 0.3) is 0 Å². The van der Waals surface area contributed by atoms with E-state index in [-0.39, 0.29) is 18.5 Å². The Morgan fingerprint density at radius 1 is 0.951 bits per heavy atom. The van der Waals surface area contributed by atoms with Crippen molar-refractivity contribution in [1.82, 2.24) is 10.2 Å². The van der Waals surface area contributed by atoms with Crippen LogP contribution >= 0.6 is 11.6 Å². The predicted molar refractivity (Wildman–Crippen MR) is 164 cm³/mol. The lowest BCUT2D eigenvalue weighted by Crippen LogP contribution is -2.54. The average Bonchev–Trinajstić information content (AvgIpc) is 3.44. The maximum atomic E-state index is 14.2. The number of rotatable bonds is 11. The number of benzene rings is 3. The lowest BCUT2D eigenvalue weighted by molar-refractivity contribution is -0.140. The van der Waals surface area contributed by atoms with Gasteiger partial charge in [0.1, 0.15) is 12.6 Å². The van der Waals surface area contributed by atoms with Gasteiger partial charge >= 0.3 is 0 Å². The lowest BCUT2D eigenvalue weighted by Gasteiger charge is -2.34. The Morgan fingerprint density at radius 2 is 1.61 bits per heavy atom. The Balaban J connectivity index is 1.74. The molecule has 0 spiro atoms. The van der Waals surface area contributed by atoms with E-state index in [0.717, 1.165) is 52.9 Å². The summed E-state index contributed by atoms with van der Waals surface area (Å²) in [4.78, 5) is 29.7. The summed E-state index contributed by atoms with van der Waals surface area (Å²) in [5.41, 5.74) is 3.68.